The van der Waals surface area contributed by atoms with Crippen molar-refractivity contribution in [2.75, 3.05) is 0 Å². The number of amides is 1. The van der Waals surface area contributed by atoms with E-state index in [1.807, 2.05) is 31.2 Å². The normalized spacial score (nSPS) is 13.3. The van der Waals surface area contributed by atoms with Gasteiger partial charge in [0.2, 0.25) is 0 Å². The molecule has 1 aromatic carbocycles. The number of nitrogens with one attached hydrogen (secondary N) is 1. The Morgan fingerprint density at radius 3 is 2.50 bits per heavy atom. The predicted octanol–water partition coefficient (Wildman–Crippen LogP) is 3.61. The first-order valence-corrected chi connectivity index (χ1v) is 6.16. The van der Waals surface area contributed by atoms with Crippen molar-refractivity contribution >= 4 is 21.8 Å². The summed E-state index contributed by atoms with van der Waals surface area (Å²) in [5.74, 6) is -0.0243. The summed E-state index contributed by atoms with van der Waals surface area (Å²) in [6, 6.07) is 7.55. The van der Waals surface area contributed by atoms with Crippen LogP contribution in [-0.2, 0) is 0 Å². The monoisotopic (exact) mass is 283 g/mol. The summed E-state index contributed by atoms with van der Waals surface area (Å²) in [6.45, 7) is 8.35. The molecule has 1 rings (SSSR count). The van der Waals surface area contributed by atoms with Crippen LogP contribution in [0.1, 0.15) is 38.1 Å². The molecule has 0 radical (unpaired) electrons. The molecule has 0 saturated heterocycles. The van der Waals surface area contributed by atoms with Gasteiger partial charge in [-0.25, -0.2) is 0 Å². The number of rotatable bonds is 2. The van der Waals surface area contributed by atoms with Gasteiger partial charge in [0.05, 0.1) is 0 Å². The Bertz CT molecular complexity index is 382. The number of benzene rings is 1. The fourth-order valence-corrected chi connectivity index (χ4v) is 1.53. The molecule has 0 bridgehead atoms. The molecule has 0 fully saturated rings. The maximum atomic E-state index is 11.9. The van der Waals surface area contributed by atoms with Crippen LogP contribution < -0.4 is 5.32 Å². The highest BCUT2D eigenvalue weighted by molar-refractivity contribution is 9.10. The molecular weight excluding hydrogens is 266 g/mol. The number of hydrogen-bond donors (Lipinski definition) is 1. The Morgan fingerprint density at radius 1 is 1.38 bits per heavy atom. The number of carbonyl (C=O) groups is 1. The standard InChI is InChI=1S/C13H18BrNO/c1-9(13(2,3)4)15-12(16)10-6-5-7-11(14)8-10/h5-9H,1-4H3,(H,15,16). The zero-order valence-electron chi connectivity index (χ0n) is 10.2. The summed E-state index contributed by atoms with van der Waals surface area (Å²) in [5, 5.41) is 3.00. The Morgan fingerprint density at radius 2 is 2.00 bits per heavy atom. The highest BCUT2D eigenvalue weighted by atomic mass is 79.9. The van der Waals surface area contributed by atoms with Crippen molar-refractivity contribution in [3.8, 4) is 0 Å². The lowest BCUT2D eigenvalue weighted by Gasteiger charge is -2.28. The first-order valence-electron chi connectivity index (χ1n) is 5.37. The molecule has 1 unspecified atom stereocenters. The van der Waals surface area contributed by atoms with Crippen LogP contribution in [0.5, 0.6) is 0 Å². The largest absolute Gasteiger partial charge is 0.349 e. The first-order chi connectivity index (χ1) is 7.30. The van der Waals surface area contributed by atoms with Crippen LogP contribution in [0.4, 0.5) is 0 Å². The van der Waals surface area contributed by atoms with Crippen molar-refractivity contribution in [2.24, 2.45) is 5.41 Å². The van der Waals surface area contributed by atoms with E-state index in [9.17, 15) is 4.79 Å². The molecule has 16 heavy (non-hydrogen) atoms. The molecule has 3 heteroatoms. The van der Waals surface area contributed by atoms with E-state index in [4.69, 9.17) is 0 Å². The second kappa shape index (κ2) is 5.00. The molecule has 0 spiro atoms. The minimum Gasteiger partial charge on any atom is -0.349 e. The fourth-order valence-electron chi connectivity index (χ4n) is 1.13. The van der Waals surface area contributed by atoms with Crippen LogP contribution >= 0.6 is 15.9 Å². The van der Waals surface area contributed by atoms with Crippen LogP contribution in [0.25, 0.3) is 0 Å². The minimum atomic E-state index is -0.0243. The van der Waals surface area contributed by atoms with Crippen molar-refractivity contribution in [3.63, 3.8) is 0 Å². The molecule has 0 saturated carbocycles. The van der Waals surface area contributed by atoms with Crippen molar-refractivity contribution in [1.82, 2.24) is 5.32 Å². The second-order valence-electron chi connectivity index (χ2n) is 5.07. The molecule has 1 atom stereocenters. The molecule has 1 aromatic rings. The van der Waals surface area contributed by atoms with E-state index in [0.717, 1.165) is 4.47 Å². The van der Waals surface area contributed by atoms with Gasteiger partial charge in [-0.15, -0.1) is 0 Å². The topological polar surface area (TPSA) is 29.1 Å². The van der Waals surface area contributed by atoms with Crippen molar-refractivity contribution in [3.05, 3.63) is 34.3 Å². The number of carbonyl (C=O) groups excluding carboxylic acids is 1. The molecular formula is C13H18BrNO. The summed E-state index contributed by atoms with van der Waals surface area (Å²) in [5.41, 5.74) is 0.757. The van der Waals surface area contributed by atoms with Gasteiger partial charge >= 0.3 is 0 Å². The number of halogens is 1. The van der Waals surface area contributed by atoms with E-state index in [1.54, 1.807) is 0 Å². The van der Waals surface area contributed by atoms with E-state index < -0.39 is 0 Å². The van der Waals surface area contributed by atoms with Crippen molar-refractivity contribution < 1.29 is 4.79 Å². The summed E-state index contributed by atoms with van der Waals surface area (Å²) in [6.07, 6.45) is 0. The third-order valence-corrected chi connectivity index (χ3v) is 3.23. The highest BCUT2D eigenvalue weighted by Crippen LogP contribution is 2.19. The van der Waals surface area contributed by atoms with Crippen LogP contribution in [-0.4, -0.2) is 11.9 Å². The molecule has 0 aliphatic heterocycles. The summed E-state index contributed by atoms with van der Waals surface area (Å²) in [7, 11) is 0. The molecule has 88 valence electrons. The molecule has 2 nitrogen and oxygen atoms in total. The fraction of sp³-hybridized carbons (Fsp3) is 0.462. The van der Waals surface area contributed by atoms with Crippen LogP contribution in [0.3, 0.4) is 0 Å². The molecule has 0 aliphatic carbocycles. The first kappa shape index (κ1) is 13.2. The maximum absolute atomic E-state index is 11.9. The van der Waals surface area contributed by atoms with Gasteiger partial charge in [-0.2, -0.15) is 0 Å². The molecule has 0 heterocycles. The SMILES string of the molecule is CC(NC(=O)c1cccc(Br)c1)C(C)(C)C. The van der Waals surface area contributed by atoms with E-state index in [1.165, 1.54) is 0 Å². The van der Waals surface area contributed by atoms with Gasteiger partial charge in [-0.1, -0.05) is 42.8 Å². The number of hydrogen-bond acceptors (Lipinski definition) is 1. The molecule has 1 amide bonds. The zero-order chi connectivity index (χ0) is 12.3. The summed E-state index contributed by atoms with van der Waals surface area (Å²) < 4.78 is 0.920. The van der Waals surface area contributed by atoms with E-state index in [-0.39, 0.29) is 17.4 Å². The van der Waals surface area contributed by atoms with Gasteiger partial charge in [0.15, 0.2) is 0 Å². The van der Waals surface area contributed by atoms with Crippen molar-refractivity contribution in [1.29, 1.82) is 0 Å². The smallest absolute Gasteiger partial charge is 0.251 e. The Kier molecular flexibility index (Phi) is 4.14. The summed E-state index contributed by atoms with van der Waals surface area (Å²) in [4.78, 5) is 11.9. The van der Waals surface area contributed by atoms with E-state index >= 15 is 0 Å². The molecule has 0 aliphatic rings. The van der Waals surface area contributed by atoms with Gasteiger partial charge in [0.25, 0.3) is 5.91 Å². The predicted molar refractivity (Wildman–Crippen MR) is 70.5 cm³/mol. The van der Waals surface area contributed by atoms with Gasteiger partial charge < -0.3 is 5.32 Å². The van der Waals surface area contributed by atoms with E-state index in [2.05, 4.69) is 42.0 Å². The quantitative estimate of drug-likeness (QED) is 0.883. The lowest BCUT2D eigenvalue weighted by Crippen LogP contribution is -2.41. The van der Waals surface area contributed by atoms with Gasteiger partial charge in [0.1, 0.15) is 0 Å². The van der Waals surface area contributed by atoms with Crippen LogP contribution in [0.15, 0.2) is 28.7 Å². The van der Waals surface area contributed by atoms with Gasteiger partial charge in [-0.05, 0) is 30.5 Å². The van der Waals surface area contributed by atoms with Gasteiger partial charge in [0, 0.05) is 16.1 Å². The minimum absolute atomic E-state index is 0.0243. The lowest BCUT2D eigenvalue weighted by molar-refractivity contribution is 0.0910. The zero-order valence-corrected chi connectivity index (χ0v) is 11.8. The Labute approximate surface area is 106 Å². The van der Waals surface area contributed by atoms with Gasteiger partial charge in [-0.3, -0.25) is 4.79 Å². The maximum Gasteiger partial charge on any atom is 0.251 e. The second-order valence-corrected chi connectivity index (χ2v) is 5.99. The van der Waals surface area contributed by atoms with E-state index in [0.29, 0.717) is 5.56 Å². The van der Waals surface area contributed by atoms with Crippen LogP contribution in [0, 0.1) is 5.41 Å². The third-order valence-electron chi connectivity index (χ3n) is 2.73. The Hall–Kier alpha value is -0.830. The Balaban J connectivity index is 2.74. The third kappa shape index (κ3) is 3.63. The highest BCUT2D eigenvalue weighted by Gasteiger charge is 2.22. The average Bonchev–Trinajstić information content (AvgIpc) is 2.16. The molecule has 1 N–H and O–H groups in total. The van der Waals surface area contributed by atoms with Crippen molar-refractivity contribution in [2.45, 2.75) is 33.7 Å². The summed E-state index contributed by atoms with van der Waals surface area (Å²) >= 11 is 3.36. The molecule has 0 aromatic heterocycles. The van der Waals surface area contributed by atoms with Crippen LogP contribution in [0.2, 0.25) is 0 Å². The lowest BCUT2D eigenvalue weighted by atomic mass is 9.88. The average molecular weight is 284 g/mol.